The summed E-state index contributed by atoms with van der Waals surface area (Å²) in [5.41, 5.74) is 1.74. The van der Waals surface area contributed by atoms with Gasteiger partial charge in [-0.3, -0.25) is 9.78 Å². The Morgan fingerprint density at radius 1 is 1.11 bits per heavy atom. The quantitative estimate of drug-likeness (QED) is 0.352. The third-order valence-electron chi connectivity index (χ3n) is 4.81. The Hall–Kier alpha value is -4.44. The van der Waals surface area contributed by atoms with Crippen molar-refractivity contribution in [1.82, 2.24) is 24.8 Å². The molecule has 0 aliphatic rings. The SMILES string of the molecule is CN(C)CC=CC(=O)Nc1cc2c(Nc3ccc(OCc4ccccn4)c(F)c3)ncnc2cn1. The summed E-state index contributed by atoms with van der Waals surface area (Å²) in [6.07, 6.45) is 7.78. The summed E-state index contributed by atoms with van der Waals surface area (Å²) in [7, 11) is 3.83. The number of fused-ring (bicyclic) bond motifs is 1. The normalized spacial score (nSPS) is 11.2. The van der Waals surface area contributed by atoms with E-state index in [1.165, 1.54) is 30.7 Å². The van der Waals surface area contributed by atoms with Gasteiger partial charge in [-0.1, -0.05) is 12.1 Å². The Kier molecular flexibility index (Phi) is 7.53. The highest BCUT2D eigenvalue weighted by Gasteiger charge is 2.10. The van der Waals surface area contributed by atoms with Crippen molar-refractivity contribution >= 4 is 34.1 Å². The summed E-state index contributed by atoms with van der Waals surface area (Å²) in [4.78, 5) is 31.0. The molecule has 3 heterocycles. The highest BCUT2D eigenvalue weighted by molar-refractivity contribution is 6.00. The van der Waals surface area contributed by atoms with Crippen LogP contribution in [0, 0.1) is 5.82 Å². The third-order valence-corrected chi connectivity index (χ3v) is 4.81. The number of pyridine rings is 2. The molecule has 3 aromatic heterocycles. The molecule has 1 amide bonds. The Balaban J connectivity index is 1.48. The number of halogens is 1. The van der Waals surface area contributed by atoms with Crippen LogP contribution in [-0.4, -0.2) is 51.4 Å². The van der Waals surface area contributed by atoms with Crippen molar-refractivity contribution in [3.63, 3.8) is 0 Å². The van der Waals surface area contributed by atoms with Crippen LogP contribution in [0.2, 0.25) is 0 Å². The Morgan fingerprint density at radius 2 is 2.00 bits per heavy atom. The van der Waals surface area contributed by atoms with Gasteiger partial charge >= 0.3 is 0 Å². The van der Waals surface area contributed by atoms with Crippen molar-refractivity contribution in [1.29, 1.82) is 0 Å². The van der Waals surface area contributed by atoms with Crippen molar-refractivity contribution in [3.05, 3.63) is 84.8 Å². The molecule has 0 fully saturated rings. The topological polar surface area (TPSA) is 105 Å². The van der Waals surface area contributed by atoms with Gasteiger partial charge in [0.15, 0.2) is 11.6 Å². The molecule has 0 unspecified atom stereocenters. The zero-order valence-electron chi connectivity index (χ0n) is 19.3. The van der Waals surface area contributed by atoms with Gasteiger partial charge in [-0.25, -0.2) is 19.3 Å². The minimum Gasteiger partial charge on any atom is -0.484 e. The molecule has 4 aromatic rings. The molecule has 1 aromatic carbocycles. The molecular formula is C25H24FN7O2. The number of hydrogen-bond donors (Lipinski definition) is 2. The molecule has 2 N–H and O–H groups in total. The van der Waals surface area contributed by atoms with Crippen LogP contribution in [0.4, 0.5) is 21.7 Å². The first kappa shape index (κ1) is 23.7. The van der Waals surface area contributed by atoms with Crippen molar-refractivity contribution in [2.45, 2.75) is 6.61 Å². The second-order valence-electron chi connectivity index (χ2n) is 7.84. The van der Waals surface area contributed by atoms with E-state index in [-0.39, 0.29) is 18.3 Å². The minimum absolute atomic E-state index is 0.116. The van der Waals surface area contributed by atoms with Crippen LogP contribution in [0.25, 0.3) is 10.9 Å². The smallest absolute Gasteiger partial charge is 0.249 e. The fourth-order valence-corrected chi connectivity index (χ4v) is 3.13. The van der Waals surface area contributed by atoms with E-state index in [1.807, 2.05) is 25.1 Å². The van der Waals surface area contributed by atoms with E-state index in [0.717, 1.165) is 0 Å². The maximum Gasteiger partial charge on any atom is 0.249 e. The Bertz CT molecular complexity index is 1350. The molecule has 35 heavy (non-hydrogen) atoms. The average molecular weight is 474 g/mol. The highest BCUT2D eigenvalue weighted by Crippen LogP contribution is 2.27. The molecule has 0 aliphatic heterocycles. The summed E-state index contributed by atoms with van der Waals surface area (Å²) < 4.78 is 20.2. The molecule has 0 saturated heterocycles. The Morgan fingerprint density at radius 3 is 2.77 bits per heavy atom. The predicted molar refractivity (Wildman–Crippen MR) is 132 cm³/mol. The lowest BCUT2D eigenvalue weighted by molar-refractivity contribution is -0.111. The van der Waals surface area contributed by atoms with Crippen molar-refractivity contribution in [2.24, 2.45) is 0 Å². The molecule has 0 saturated carbocycles. The predicted octanol–water partition coefficient (Wildman–Crippen LogP) is 3.94. The van der Waals surface area contributed by atoms with Crippen molar-refractivity contribution in [2.75, 3.05) is 31.3 Å². The second kappa shape index (κ2) is 11.1. The molecule has 178 valence electrons. The number of ether oxygens (including phenoxy) is 1. The summed E-state index contributed by atoms with van der Waals surface area (Å²) in [6.45, 7) is 0.803. The first-order chi connectivity index (χ1) is 17.0. The fraction of sp³-hybridized carbons (Fsp3) is 0.160. The maximum absolute atomic E-state index is 14.6. The number of hydrogen-bond acceptors (Lipinski definition) is 8. The number of likely N-dealkylation sites (N-methyl/N-ethyl adjacent to an activating group) is 1. The van der Waals surface area contributed by atoms with Crippen molar-refractivity contribution < 1.29 is 13.9 Å². The number of carbonyl (C=O) groups excluding carboxylic acids is 1. The monoisotopic (exact) mass is 473 g/mol. The van der Waals surface area contributed by atoms with Gasteiger partial charge in [0.25, 0.3) is 0 Å². The van der Waals surface area contributed by atoms with E-state index in [0.29, 0.717) is 40.5 Å². The molecule has 10 heteroatoms. The van der Waals surface area contributed by atoms with Gasteiger partial charge in [-0.05, 0) is 44.4 Å². The molecule has 0 bridgehead atoms. The molecule has 0 spiro atoms. The first-order valence-electron chi connectivity index (χ1n) is 10.8. The van der Waals surface area contributed by atoms with Crippen LogP contribution in [0.1, 0.15) is 5.69 Å². The van der Waals surface area contributed by atoms with Crippen molar-refractivity contribution in [3.8, 4) is 5.75 Å². The van der Waals surface area contributed by atoms with Gasteiger partial charge in [0, 0.05) is 36.0 Å². The second-order valence-corrected chi connectivity index (χ2v) is 7.84. The molecular weight excluding hydrogens is 449 g/mol. The zero-order valence-corrected chi connectivity index (χ0v) is 19.3. The molecule has 0 aliphatic carbocycles. The lowest BCUT2D eigenvalue weighted by Gasteiger charge is -2.11. The van der Waals surface area contributed by atoms with E-state index < -0.39 is 5.82 Å². The molecule has 0 atom stereocenters. The lowest BCUT2D eigenvalue weighted by atomic mass is 10.2. The number of nitrogens with zero attached hydrogens (tertiary/aromatic N) is 5. The van der Waals surface area contributed by atoms with E-state index in [9.17, 15) is 9.18 Å². The Labute approximate surface area is 201 Å². The summed E-state index contributed by atoms with van der Waals surface area (Å²) in [6, 6.07) is 11.7. The summed E-state index contributed by atoms with van der Waals surface area (Å²) >= 11 is 0. The number of aromatic nitrogens is 4. The standard InChI is InChI=1S/C25H24FN7O2/c1-33(2)11-5-7-24(34)32-23-13-19-21(14-28-23)29-16-30-25(19)31-17-8-9-22(20(26)12-17)35-15-18-6-3-4-10-27-18/h3-10,12-14,16H,11,15H2,1-2H3,(H,28,32,34)(H,29,30,31). The lowest BCUT2D eigenvalue weighted by Crippen LogP contribution is -2.13. The van der Waals surface area contributed by atoms with E-state index in [2.05, 4.69) is 30.6 Å². The number of nitrogens with one attached hydrogen (secondary N) is 2. The van der Waals surface area contributed by atoms with Gasteiger partial charge in [-0.15, -0.1) is 0 Å². The average Bonchev–Trinajstić information content (AvgIpc) is 2.84. The number of benzene rings is 1. The molecule has 4 rings (SSSR count). The van der Waals surface area contributed by atoms with Gasteiger partial charge in [0.2, 0.25) is 5.91 Å². The van der Waals surface area contributed by atoms with Gasteiger partial charge in [-0.2, -0.15) is 0 Å². The van der Waals surface area contributed by atoms with Crippen LogP contribution in [0.3, 0.4) is 0 Å². The van der Waals surface area contributed by atoms with E-state index >= 15 is 0 Å². The van der Waals surface area contributed by atoms with E-state index in [1.54, 1.807) is 36.5 Å². The van der Waals surface area contributed by atoms with Gasteiger partial charge < -0.3 is 20.3 Å². The first-order valence-corrected chi connectivity index (χ1v) is 10.8. The van der Waals surface area contributed by atoms with Crippen LogP contribution >= 0.6 is 0 Å². The van der Waals surface area contributed by atoms with Crippen LogP contribution in [-0.2, 0) is 11.4 Å². The zero-order chi connectivity index (χ0) is 24.6. The minimum atomic E-state index is -0.525. The number of carbonyl (C=O) groups is 1. The maximum atomic E-state index is 14.6. The number of anilines is 3. The third kappa shape index (κ3) is 6.55. The van der Waals surface area contributed by atoms with Gasteiger partial charge in [0.1, 0.15) is 24.6 Å². The number of rotatable bonds is 9. The van der Waals surface area contributed by atoms with Crippen LogP contribution in [0.5, 0.6) is 5.75 Å². The largest absolute Gasteiger partial charge is 0.484 e. The van der Waals surface area contributed by atoms with Gasteiger partial charge in [0.05, 0.1) is 17.4 Å². The molecule has 0 radical (unpaired) electrons. The highest BCUT2D eigenvalue weighted by atomic mass is 19.1. The summed E-state index contributed by atoms with van der Waals surface area (Å²) in [5, 5.41) is 6.44. The van der Waals surface area contributed by atoms with E-state index in [4.69, 9.17) is 4.74 Å². The molecule has 9 nitrogen and oxygen atoms in total. The number of amides is 1. The van der Waals surface area contributed by atoms with Crippen LogP contribution in [0.15, 0.2) is 73.3 Å². The summed E-state index contributed by atoms with van der Waals surface area (Å²) in [5.74, 6) is 0.0824. The van der Waals surface area contributed by atoms with Crippen LogP contribution < -0.4 is 15.4 Å². The fourth-order valence-electron chi connectivity index (χ4n) is 3.13.